The van der Waals surface area contributed by atoms with Gasteiger partial charge in [-0.1, -0.05) is 6.08 Å². The van der Waals surface area contributed by atoms with Crippen molar-refractivity contribution in [3.8, 4) is 0 Å². The van der Waals surface area contributed by atoms with Gasteiger partial charge in [0.2, 0.25) is 5.82 Å². The van der Waals surface area contributed by atoms with Crippen LogP contribution in [0, 0.1) is 0 Å². The Morgan fingerprint density at radius 2 is 2.26 bits per heavy atom. The van der Waals surface area contributed by atoms with Crippen molar-refractivity contribution < 1.29 is 19.1 Å². The fraction of sp³-hybridized carbons (Fsp3) is 0.625. The Morgan fingerprint density at radius 1 is 1.48 bits per heavy atom. The fourth-order valence-electron chi connectivity index (χ4n) is 2.30. The maximum absolute atomic E-state index is 12.0. The average molecular weight is 379 g/mol. The maximum atomic E-state index is 12.0. The summed E-state index contributed by atoms with van der Waals surface area (Å²) in [6, 6.07) is 0. The number of hydrogen-bond acceptors (Lipinski definition) is 9. The lowest BCUT2D eigenvalue weighted by Crippen LogP contribution is -2.24. The van der Waals surface area contributed by atoms with Crippen molar-refractivity contribution in [3.63, 3.8) is 0 Å². The lowest BCUT2D eigenvalue weighted by Gasteiger charge is -2.11. The summed E-state index contributed by atoms with van der Waals surface area (Å²) in [5.74, 6) is -0.0209. The molecule has 0 N–H and O–H groups in total. The molecule has 0 unspecified atom stereocenters. The Labute approximate surface area is 157 Å². The first-order chi connectivity index (χ1) is 12.9. The predicted octanol–water partition coefficient (Wildman–Crippen LogP) is 0.196. The fourth-order valence-corrected chi connectivity index (χ4v) is 2.30. The molecular weight excluding hydrogens is 354 g/mol. The van der Waals surface area contributed by atoms with E-state index in [1.807, 2.05) is 25.9 Å². The first kappa shape index (κ1) is 20.5. The van der Waals surface area contributed by atoms with Crippen LogP contribution in [0.3, 0.4) is 0 Å². The van der Waals surface area contributed by atoms with E-state index >= 15 is 0 Å². The summed E-state index contributed by atoms with van der Waals surface area (Å²) in [4.78, 5) is 27.1. The van der Waals surface area contributed by atoms with Gasteiger partial charge in [-0.2, -0.15) is 14.9 Å². The summed E-state index contributed by atoms with van der Waals surface area (Å²) in [7, 11) is 5.52. The molecule has 0 aliphatic carbocycles. The van der Waals surface area contributed by atoms with Crippen LogP contribution < -0.4 is 0 Å². The monoisotopic (exact) mass is 379 g/mol. The van der Waals surface area contributed by atoms with E-state index in [2.05, 4.69) is 20.5 Å². The summed E-state index contributed by atoms with van der Waals surface area (Å²) in [6.07, 6.45) is 3.27. The van der Waals surface area contributed by atoms with Crippen molar-refractivity contribution in [2.75, 3.05) is 33.8 Å². The van der Waals surface area contributed by atoms with Gasteiger partial charge in [-0.05, 0) is 45.3 Å². The number of aromatic nitrogens is 4. The molecular formula is C16H25N7O4. The second kappa shape index (κ2) is 9.76. The Morgan fingerprint density at radius 3 is 2.89 bits per heavy atom. The van der Waals surface area contributed by atoms with Gasteiger partial charge in [0.15, 0.2) is 6.10 Å². The van der Waals surface area contributed by atoms with E-state index in [0.29, 0.717) is 24.4 Å². The molecule has 1 fully saturated rings. The lowest BCUT2D eigenvalue weighted by atomic mass is 10.3. The molecule has 2 rings (SSSR count). The first-order valence-corrected chi connectivity index (χ1v) is 8.63. The molecule has 0 aromatic carbocycles. The minimum absolute atomic E-state index is 0.000893. The average Bonchev–Trinajstić information content (AvgIpc) is 3.18. The van der Waals surface area contributed by atoms with Crippen LogP contribution in [-0.2, 0) is 21.3 Å². The number of nitrogens with zero attached hydrogens (tertiary/aromatic N) is 7. The SMILES string of the molecule is C/C=C\C(=N/N1C[C@H](COC(=O)CCCN(C)C)OC1=O)c1nnn(C)n1. The van der Waals surface area contributed by atoms with Crippen LogP contribution in [0.2, 0.25) is 0 Å². The van der Waals surface area contributed by atoms with Gasteiger partial charge in [-0.25, -0.2) is 4.79 Å². The van der Waals surface area contributed by atoms with Gasteiger partial charge in [-0.3, -0.25) is 4.79 Å². The van der Waals surface area contributed by atoms with Crippen molar-refractivity contribution >= 4 is 17.8 Å². The Hall–Kier alpha value is -2.82. The van der Waals surface area contributed by atoms with Crippen LogP contribution >= 0.6 is 0 Å². The number of esters is 1. The number of hydrazone groups is 1. The molecule has 0 spiro atoms. The zero-order valence-electron chi connectivity index (χ0n) is 16.0. The van der Waals surface area contributed by atoms with Gasteiger partial charge < -0.3 is 14.4 Å². The molecule has 0 bridgehead atoms. The second-order valence-corrected chi connectivity index (χ2v) is 6.27. The molecule has 1 atom stereocenters. The van der Waals surface area contributed by atoms with Crippen molar-refractivity contribution in [2.24, 2.45) is 12.1 Å². The number of aryl methyl sites for hydroxylation is 1. The highest BCUT2D eigenvalue weighted by Crippen LogP contribution is 2.13. The largest absolute Gasteiger partial charge is 0.462 e. The van der Waals surface area contributed by atoms with Crippen LogP contribution in [0.15, 0.2) is 17.3 Å². The molecule has 0 saturated carbocycles. The van der Waals surface area contributed by atoms with Gasteiger partial charge in [0.1, 0.15) is 12.3 Å². The van der Waals surface area contributed by atoms with E-state index in [1.54, 1.807) is 19.2 Å². The second-order valence-electron chi connectivity index (χ2n) is 6.27. The van der Waals surface area contributed by atoms with E-state index in [-0.39, 0.29) is 19.1 Å². The lowest BCUT2D eigenvalue weighted by molar-refractivity contribution is -0.146. The molecule has 1 aliphatic heterocycles. The van der Waals surface area contributed by atoms with E-state index in [4.69, 9.17) is 9.47 Å². The molecule has 2 heterocycles. The maximum Gasteiger partial charge on any atom is 0.431 e. The van der Waals surface area contributed by atoms with Crippen molar-refractivity contribution in [1.29, 1.82) is 0 Å². The number of allylic oxidation sites excluding steroid dienone is 2. The van der Waals surface area contributed by atoms with Crippen LogP contribution in [0.1, 0.15) is 25.6 Å². The molecule has 1 aromatic rings. The van der Waals surface area contributed by atoms with E-state index < -0.39 is 12.2 Å². The van der Waals surface area contributed by atoms with Crippen LogP contribution in [0.5, 0.6) is 0 Å². The number of amides is 1. The minimum Gasteiger partial charge on any atom is -0.462 e. The third-order valence-electron chi connectivity index (χ3n) is 3.56. The van der Waals surface area contributed by atoms with Crippen molar-refractivity contribution in [3.05, 3.63) is 18.0 Å². The Balaban J connectivity index is 1.89. The van der Waals surface area contributed by atoms with E-state index in [0.717, 1.165) is 11.6 Å². The minimum atomic E-state index is -0.616. The van der Waals surface area contributed by atoms with Gasteiger partial charge in [0.05, 0.1) is 13.6 Å². The topological polar surface area (TPSA) is 115 Å². The standard InChI is InChI=1S/C16H25N7O4/c1-5-7-13(15-17-20-22(4)19-15)18-23-10-12(27-16(23)25)11-26-14(24)8-6-9-21(2)3/h5,7,12H,6,8-11H2,1-4H3/b7-5-,18-13+/t12-/m1/s1. The molecule has 1 amide bonds. The van der Waals surface area contributed by atoms with E-state index in [1.165, 1.54) is 4.80 Å². The highest BCUT2D eigenvalue weighted by atomic mass is 16.6. The Bertz CT molecular complexity index is 713. The van der Waals surface area contributed by atoms with Crippen LogP contribution in [0.4, 0.5) is 4.79 Å². The molecule has 11 nitrogen and oxygen atoms in total. The van der Waals surface area contributed by atoms with Crippen LogP contribution in [-0.4, -0.2) is 87.8 Å². The summed E-state index contributed by atoms with van der Waals surface area (Å²) >= 11 is 0. The number of hydrogen-bond donors (Lipinski definition) is 0. The van der Waals surface area contributed by atoms with Gasteiger partial charge in [0, 0.05) is 6.42 Å². The smallest absolute Gasteiger partial charge is 0.431 e. The summed E-state index contributed by atoms with van der Waals surface area (Å²) in [5, 5.41) is 17.1. The highest BCUT2D eigenvalue weighted by Gasteiger charge is 2.33. The number of tetrazole rings is 1. The predicted molar refractivity (Wildman–Crippen MR) is 95.9 cm³/mol. The third kappa shape index (κ3) is 6.44. The molecule has 1 aromatic heterocycles. The molecule has 11 heteroatoms. The first-order valence-electron chi connectivity index (χ1n) is 8.63. The number of carbonyl (C=O) groups is 2. The molecule has 148 valence electrons. The third-order valence-corrected chi connectivity index (χ3v) is 3.56. The van der Waals surface area contributed by atoms with Crippen molar-refractivity contribution in [1.82, 2.24) is 30.1 Å². The summed E-state index contributed by atoms with van der Waals surface area (Å²) in [5.41, 5.74) is 0.379. The molecule has 1 aliphatic rings. The summed E-state index contributed by atoms with van der Waals surface area (Å²) in [6.45, 7) is 2.79. The van der Waals surface area contributed by atoms with E-state index in [9.17, 15) is 9.59 Å². The zero-order valence-corrected chi connectivity index (χ0v) is 16.0. The number of rotatable bonds is 9. The van der Waals surface area contributed by atoms with Crippen molar-refractivity contribution in [2.45, 2.75) is 25.9 Å². The normalized spacial score (nSPS) is 17.8. The molecule has 0 radical (unpaired) electrons. The van der Waals surface area contributed by atoms with Crippen LogP contribution in [0.25, 0.3) is 0 Å². The Kier molecular flexibility index (Phi) is 7.41. The molecule has 1 saturated heterocycles. The van der Waals surface area contributed by atoms with Gasteiger partial charge >= 0.3 is 12.1 Å². The zero-order chi connectivity index (χ0) is 19.8. The highest BCUT2D eigenvalue weighted by molar-refractivity contribution is 6.06. The quantitative estimate of drug-likeness (QED) is 0.441. The van der Waals surface area contributed by atoms with Gasteiger partial charge in [0.25, 0.3) is 0 Å². The number of ether oxygens (including phenoxy) is 2. The van der Waals surface area contributed by atoms with Gasteiger partial charge in [-0.15, -0.1) is 10.2 Å². The number of cyclic esters (lactones) is 1. The number of carbonyl (C=O) groups excluding carboxylic acids is 2. The summed E-state index contributed by atoms with van der Waals surface area (Å²) < 4.78 is 10.4. The molecule has 27 heavy (non-hydrogen) atoms.